The number of carbonyl (C=O) groups excluding carboxylic acids is 1. The molecule has 24 heavy (non-hydrogen) atoms. The van der Waals surface area contributed by atoms with Crippen molar-refractivity contribution in [1.82, 2.24) is 10.1 Å². The van der Waals surface area contributed by atoms with E-state index in [0.29, 0.717) is 18.9 Å². The van der Waals surface area contributed by atoms with Crippen LogP contribution in [0.4, 0.5) is 0 Å². The molecule has 1 aromatic carbocycles. The minimum absolute atomic E-state index is 0.0264. The fourth-order valence-electron chi connectivity index (χ4n) is 2.51. The summed E-state index contributed by atoms with van der Waals surface area (Å²) >= 11 is 0. The maximum Gasteiger partial charge on any atom is 0.276 e. The molecule has 1 aliphatic rings. The summed E-state index contributed by atoms with van der Waals surface area (Å²) in [6, 6.07) is 9.05. The highest BCUT2D eigenvalue weighted by molar-refractivity contribution is 5.92. The van der Waals surface area contributed by atoms with E-state index in [1.54, 1.807) is 0 Å². The van der Waals surface area contributed by atoms with Gasteiger partial charge in [0.25, 0.3) is 5.91 Å². The molecule has 1 aliphatic heterocycles. The van der Waals surface area contributed by atoms with Crippen molar-refractivity contribution in [3.63, 3.8) is 0 Å². The van der Waals surface area contributed by atoms with Gasteiger partial charge in [-0.3, -0.25) is 4.79 Å². The molecule has 0 bridgehead atoms. The average Bonchev–Trinajstić information content (AvgIpc) is 3.04. The molecule has 0 aliphatic carbocycles. The highest BCUT2D eigenvalue weighted by Crippen LogP contribution is 2.18. The van der Waals surface area contributed by atoms with Gasteiger partial charge >= 0.3 is 0 Å². The third-order valence-corrected chi connectivity index (χ3v) is 3.83. The molecule has 2 heterocycles. The maximum atomic E-state index is 12.4. The van der Waals surface area contributed by atoms with E-state index in [1.807, 2.05) is 31.2 Å². The fraction of sp³-hybridized carbons (Fsp3) is 0.412. The van der Waals surface area contributed by atoms with Crippen LogP contribution in [-0.4, -0.2) is 59.6 Å². The Bertz CT molecular complexity index is 671. The zero-order valence-corrected chi connectivity index (χ0v) is 13.5. The molecule has 2 aromatic rings. The first-order valence-electron chi connectivity index (χ1n) is 7.75. The third-order valence-electron chi connectivity index (χ3n) is 3.83. The van der Waals surface area contributed by atoms with Crippen LogP contribution in [-0.2, 0) is 4.74 Å². The van der Waals surface area contributed by atoms with E-state index in [1.165, 1.54) is 17.2 Å². The lowest BCUT2D eigenvalue weighted by Crippen LogP contribution is -2.50. The zero-order valence-electron chi connectivity index (χ0n) is 13.5. The normalized spacial score (nSPS) is 21.3. The Kier molecular flexibility index (Phi) is 4.82. The first kappa shape index (κ1) is 16.5. The minimum Gasteiger partial charge on any atom is -0.490 e. The largest absolute Gasteiger partial charge is 0.490 e. The van der Waals surface area contributed by atoms with Crippen LogP contribution in [0.1, 0.15) is 16.1 Å². The van der Waals surface area contributed by atoms with Crippen molar-refractivity contribution in [2.75, 3.05) is 32.9 Å². The highest BCUT2D eigenvalue weighted by atomic mass is 16.5. The summed E-state index contributed by atoms with van der Waals surface area (Å²) in [5.74, 6) is 0.357. The molecule has 0 saturated carbocycles. The molecule has 1 aromatic heterocycles. The van der Waals surface area contributed by atoms with Gasteiger partial charge in [0, 0.05) is 12.6 Å². The number of ether oxygens (including phenoxy) is 2. The molecule has 3 rings (SSSR count). The number of rotatable bonds is 4. The fourth-order valence-corrected chi connectivity index (χ4v) is 2.51. The molecule has 7 heteroatoms. The molecule has 128 valence electrons. The van der Waals surface area contributed by atoms with Gasteiger partial charge in [0.15, 0.2) is 5.69 Å². The lowest BCUT2D eigenvalue weighted by molar-refractivity contribution is -0.0621. The number of benzene rings is 1. The summed E-state index contributed by atoms with van der Waals surface area (Å²) in [5.41, 5.74) is 0.0442. The second-order valence-electron chi connectivity index (χ2n) is 5.99. The van der Waals surface area contributed by atoms with Gasteiger partial charge < -0.3 is 24.0 Å². The van der Waals surface area contributed by atoms with Crippen LogP contribution >= 0.6 is 0 Å². The Labute approximate surface area is 139 Å². The predicted octanol–water partition coefficient (Wildman–Crippen LogP) is 1.27. The van der Waals surface area contributed by atoms with Crippen LogP contribution in [0.5, 0.6) is 5.75 Å². The van der Waals surface area contributed by atoms with E-state index in [2.05, 4.69) is 5.16 Å². The third kappa shape index (κ3) is 3.93. The Hall–Kier alpha value is -2.38. The van der Waals surface area contributed by atoms with Gasteiger partial charge in [-0.25, -0.2) is 0 Å². The molecule has 7 nitrogen and oxygen atoms in total. The molecular formula is C17H20N2O5. The lowest BCUT2D eigenvalue weighted by Gasteiger charge is -2.30. The van der Waals surface area contributed by atoms with Crippen LogP contribution in [0.15, 0.2) is 41.1 Å². The van der Waals surface area contributed by atoms with Gasteiger partial charge in [-0.15, -0.1) is 0 Å². The molecule has 1 amide bonds. The highest BCUT2D eigenvalue weighted by Gasteiger charge is 2.36. The van der Waals surface area contributed by atoms with Crippen LogP contribution in [0.25, 0.3) is 0 Å². The average molecular weight is 332 g/mol. The van der Waals surface area contributed by atoms with Crippen molar-refractivity contribution < 1.29 is 23.9 Å². The SMILES string of the molecule is Cc1ccc(OC[C@@]2(O)COCCN(C(=O)c3ccon3)C2)cc1. The number of hydrogen-bond acceptors (Lipinski definition) is 6. The Morgan fingerprint density at radius 3 is 2.88 bits per heavy atom. The topological polar surface area (TPSA) is 85.0 Å². The molecule has 1 atom stereocenters. The first-order valence-corrected chi connectivity index (χ1v) is 7.75. The Balaban J connectivity index is 1.66. The van der Waals surface area contributed by atoms with Crippen molar-refractivity contribution in [2.24, 2.45) is 0 Å². The minimum atomic E-state index is -1.29. The van der Waals surface area contributed by atoms with Gasteiger partial charge in [-0.05, 0) is 19.1 Å². The van der Waals surface area contributed by atoms with Gasteiger partial charge in [-0.1, -0.05) is 22.9 Å². The summed E-state index contributed by atoms with van der Waals surface area (Å²) in [6.07, 6.45) is 1.34. The van der Waals surface area contributed by atoms with Crippen LogP contribution in [0.3, 0.4) is 0 Å². The second-order valence-corrected chi connectivity index (χ2v) is 5.99. The van der Waals surface area contributed by atoms with Crippen molar-refractivity contribution >= 4 is 5.91 Å². The number of hydrogen-bond donors (Lipinski definition) is 1. The maximum absolute atomic E-state index is 12.4. The molecule has 1 fully saturated rings. The zero-order chi connectivity index (χ0) is 17.0. The summed E-state index contributed by atoms with van der Waals surface area (Å²) < 4.78 is 15.8. The summed E-state index contributed by atoms with van der Waals surface area (Å²) in [6.45, 7) is 2.93. The molecule has 0 unspecified atom stereocenters. The quantitative estimate of drug-likeness (QED) is 0.907. The molecule has 1 saturated heterocycles. The van der Waals surface area contributed by atoms with E-state index in [-0.39, 0.29) is 31.4 Å². The smallest absolute Gasteiger partial charge is 0.276 e. The summed E-state index contributed by atoms with van der Waals surface area (Å²) in [4.78, 5) is 13.9. The van der Waals surface area contributed by atoms with Gasteiger partial charge in [-0.2, -0.15) is 0 Å². The molecular weight excluding hydrogens is 312 g/mol. The van der Waals surface area contributed by atoms with Crippen LogP contribution < -0.4 is 4.74 Å². The standard InChI is InChI=1S/C17H20N2O5/c1-13-2-4-14(5-3-13)23-12-17(21)10-19(7-9-22-11-17)16(20)15-6-8-24-18-15/h2-6,8,21H,7,9-12H2,1H3/t17-/m0/s1. The number of β-amino-alcohol motifs (C(OH)–C–C–N with tert-alkyl or cyclic N) is 1. The number of nitrogens with zero attached hydrogens (tertiary/aromatic N) is 2. The summed E-state index contributed by atoms with van der Waals surface area (Å²) in [7, 11) is 0. The number of amides is 1. The van der Waals surface area contributed by atoms with E-state index in [0.717, 1.165) is 5.56 Å². The Morgan fingerprint density at radius 1 is 1.38 bits per heavy atom. The molecule has 0 spiro atoms. The van der Waals surface area contributed by atoms with Crippen LogP contribution in [0.2, 0.25) is 0 Å². The predicted molar refractivity (Wildman–Crippen MR) is 84.8 cm³/mol. The number of aromatic nitrogens is 1. The van der Waals surface area contributed by atoms with Crippen molar-refractivity contribution in [3.8, 4) is 5.75 Å². The second kappa shape index (κ2) is 7.02. The summed E-state index contributed by atoms with van der Waals surface area (Å²) in [5, 5.41) is 14.4. The van der Waals surface area contributed by atoms with E-state index >= 15 is 0 Å². The van der Waals surface area contributed by atoms with E-state index in [4.69, 9.17) is 14.0 Å². The number of aryl methyl sites for hydroxylation is 1. The van der Waals surface area contributed by atoms with Crippen molar-refractivity contribution in [3.05, 3.63) is 47.9 Å². The number of aliphatic hydroxyl groups is 1. The lowest BCUT2D eigenvalue weighted by atomic mass is 10.1. The van der Waals surface area contributed by atoms with Gasteiger partial charge in [0.05, 0.1) is 19.8 Å². The van der Waals surface area contributed by atoms with Crippen molar-refractivity contribution in [1.29, 1.82) is 0 Å². The van der Waals surface area contributed by atoms with E-state index in [9.17, 15) is 9.90 Å². The number of carbonyl (C=O) groups is 1. The van der Waals surface area contributed by atoms with Gasteiger partial charge in [0.2, 0.25) is 0 Å². The van der Waals surface area contributed by atoms with Crippen molar-refractivity contribution in [2.45, 2.75) is 12.5 Å². The van der Waals surface area contributed by atoms with E-state index < -0.39 is 5.60 Å². The van der Waals surface area contributed by atoms with Gasteiger partial charge in [0.1, 0.15) is 24.2 Å². The monoisotopic (exact) mass is 332 g/mol. The Morgan fingerprint density at radius 2 is 2.17 bits per heavy atom. The van der Waals surface area contributed by atoms with Crippen LogP contribution in [0, 0.1) is 6.92 Å². The first-order chi connectivity index (χ1) is 11.6. The molecule has 0 radical (unpaired) electrons. The molecule has 1 N–H and O–H groups in total.